The molecule has 0 aliphatic rings. The second-order valence-electron chi connectivity index (χ2n) is 5.09. The number of hydrogen-bond donors (Lipinski definition) is 1. The standard InChI is InChI=1S/C17H14O4/c1-3-10-6-9(2)16-13(7-10)15(18)12-8-11(17(19)20)4-5-14(12)21-16/h4-8H,3H2,1-2H3,(H,19,20). The predicted octanol–water partition coefficient (Wildman–Crippen LogP) is 3.52. The summed E-state index contributed by atoms with van der Waals surface area (Å²) in [5, 5.41) is 9.84. The van der Waals surface area contributed by atoms with Gasteiger partial charge in [0.25, 0.3) is 0 Å². The fourth-order valence-corrected chi connectivity index (χ4v) is 2.54. The van der Waals surface area contributed by atoms with E-state index in [1.165, 1.54) is 18.2 Å². The summed E-state index contributed by atoms with van der Waals surface area (Å²) in [4.78, 5) is 23.7. The molecule has 0 saturated heterocycles. The Morgan fingerprint density at radius 3 is 2.62 bits per heavy atom. The van der Waals surface area contributed by atoms with Crippen LogP contribution in [0.25, 0.3) is 21.9 Å². The Hall–Kier alpha value is -2.62. The molecule has 0 spiro atoms. The van der Waals surface area contributed by atoms with Gasteiger partial charge in [-0.3, -0.25) is 4.79 Å². The van der Waals surface area contributed by atoms with Crippen molar-refractivity contribution in [1.82, 2.24) is 0 Å². The number of aryl methyl sites for hydroxylation is 2. The maximum atomic E-state index is 12.6. The van der Waals surface area contributed by atoms with E-state index in [9.17, 15) is 9.59 Å². The van der Waals surface area contributed by atoms with Crippen molar-refractivity contribution in [2.75, 3.05) is 0 Å². The smallest absolute Gasteiger partial charge is 0.335 e. The number of fused-ring (bicyclic) bond motifs is 2. The summed E-state index contributed by atoms with van der Waals surface area (Å²) in [6.45, 7) is 3.92. The normalized spacial score (nSPS) is 11.1. The molecule has 0 saturated carbocycles. The second kappa shape index (κ2) is 4.74. The van der Waals surface area contributed by atoms with E-state index in [0.717, 1.165) is 17.5 Å². The van der Waals surface area contributed by atoms with Crippen molar-refractivity contribution in [1.29, 1.82) is 0 Å². The predicted molar refractivity (Wildman–Crippen MR) is 81.1 cm³/mol. The quantitative estimate of drug-likeness (QED) is 0.730. The molecule has 106 valence electrons. The molecule has 2 aromatic carbocycles. The molecular weight excluding hydrogens is 268 g/mol. The van der Waals surface area contributed by atoms with E-state index in [0.29, 0.717) is 21.9 Å². The van der Waals surface area contributed by atoms with Crippen molar-refractivity contribution >= 4 is 27.9 Å². The van der Waals surface area contributed by atoms with Gasteiger partial charge in [-0.15, -0.1) is 0 Å². The van der Waals surface area contributed by atoms with Gasteiger partial charge in [0, 0.05) is 0 Å². The largest absolute Gasteiger partial charge is 0.478 e. The number of aromatic carboxylic acids is 1. The second-order valence-corrected chi connectivity index (χ2v) is 5.09. The van der Waals surface area contributed by atoms with Crippen LogP contribution in [-0.2, 0) is 6.42 Å². The summed E-state index contributed by atoms with van der Waals surface area (Å²) in [5.74, 6) is -1.06. The first-order valence-electron chi connectivity index (χ1n) is 6.74. The Balaban J connectivity index is 2.47. The lowest BCUT2D eigenvalue weighted by Crippen LogP contribution is -2.05. The van der Waals surface area contributed by atoms with E-state index in [-0.39, 0.29) is 11.0 Å². The van der Waals surface area contributed by atoms with Crippen LogP contribution >= 0.6 is 0 Å². The molecule has 3 rings (SSSR count). The highest BCUT2D eigenvalue weighted by molar-refractivity contribution is 5.96. The van der Waals surface area contributed by atoms with Gasteiger partial charge in [-0.2, -0.15) is 0 Å². The first kappa shape index (κ1) is 13.4. The third-order valence-electron chi connectivity index (χ3n) is 3.67. The number of carbonyl (C=O) groups is 1. The van der Waals surface area contributed by atoms with Gasteiger partial charge in [0.05, 0.1) is 16.3 Å². The van der Waals surface area contributed by atoms with Crippen molar-refractivity contribution in [2.45, 2.75) is 20.3 Å². The molecule has 1 aromatic heterocycles. The summed E-state index contributed by atoms with van der Waals surface area (Å²) in [7, 11) is 0. The zero-order valence-corrected chi connectivity index (χ0v) is 11.8. The molecule has 0 atom stereocenters. The Kier molecular flexibility index (Phi) is 3.01. The molecule has 0 unspecified atom stereocenters. The van der Waals surface area contributed by atoms with Crippen LogP contribution in [-0.4, -0.2) is 11.1 Å². The molecule has 0 amide bonds. The molecule has 21 heavy (non-hydrogen) atoms. The SMILES string of the molecule is CCc1cc(C)c2oc3ccc(C(=O)O)cc3c(=O)c2c1. The van der Waals surface area contributed by atoms with Crippen LogP contribution in [0.2, 0.25) is 0 Å². The molecule has 1 N–H and O–H groups in total. The minimum Gasteiger partial charge on any atom is -0.478 e. The third kappa shape index (κ3) is 2.09. The van der Waals surface area contributed by atoms with Crippen LogP contribution in [0.3, 0.4) is 0 Å². The first-order valence-corrected chi connectivity index (χ1v) is 6.74. The van der Waals surface area contributed by atoms with Crippen LogP contribution in [0.4, 0.5) is 0 Å². The van der Waals surface area contributed by atoms with Gasteiger partial charge in [-0.1, -0.05) is 13.0 Å². The maximum Gasteiger partial charge on any atom is 0.335 e. The minimum absolute atomic E-state index is 0.0810. The third-order valence-corrected chi connectivity index (χ3v) is 3.67. The molecule has 3 aromatic rings. The monoisotopic (exact) mass is 282 g/mol. The zero-order chi connectivity index (χ0) is 15.1. The van der Waals surface area contributed by atoms with Crippen molar-refractivity contribution in [2.24, 2.45) is 0 Å². The highest BCUT2D eigenvalue weighted by Gasteiger charge is 2.13. The average Bonchev–Trinajstić information content (AvgIpc) is 2.48. The lowest BCUT2D eigenvalue weighted by molar-refractivity contribution is 0.0697. The summed E-state index contributed by atoms with van der Waals surface area (Å²) >= 11 is 0. The van der Waals surface area contributed by atoms with E-state index in [2.05, 4.69) is 0 Å². The van der Waals surface area contributed by atoms with Crippen molar-refractivity contribution < 1.29 is 14.3 Å². The van der Waals surface area contributed by atoms with E-state index in [4.69, 9.17) is 9.52 Å². The number of carboxylic acids is 1. The van der Waals surface area contributed by atoms with Crippen LogP contribution in [0.5, 0.6) is 0 Å². The summed E-state index contributed by atoms with van der Waals surface area (Å²) < 4.78 is 5.80. The van der Waals surface area contributed by atoms with Gasteiger partial charge in [0.1, 0.15) is 11.2 Å². The minimum atomic E-state index is -1.06. The fraction of sp³-hybridized carbons (Fsp3) is 0.176. The van der Waals surface area contributed by atoms with Crippen molar-refractivity contribution in [3.05, 3.63) is 57.2 Å². The van der Waals surface area contributed by atoms with Crippen molar-refractivity contribution in [3.8, 4) is 0 Å². The number of hydrogen-bond acceptors (Lipinski definition) is 3. The average molecular weight is 282 g/mol. The first-order chi connectivity index (χ1) is 10.0. The lowest BCUT2D eigenvalue weighted by atomic mass is 10.0. The molecule has 4 heteroatoms. The van der Waals surface area contributed by atoms with Crippen LogP contribution < -0.4 is 5.43 Å². The van der Waals surface area contributed by atoms with E-state index >= 15 is 0 Å². The summed E-state index contributed by atoms with van der Waals surface area (Å²) in [5.41, 5.74) is 2.83. The summed E-state index contributed by atoms with van der Waals surface area (Å²) in [6, 6.07) is 8.17. The molecule has 0 aliphatic carbocycles. The molecular formula is C17H14O4. The highest BCUT2D eigenvalue weighted by Crippen LogP contribution is 2.24. The van der Waals surface area contributed by atoms with E-state index in [1.807, 2.05) is 26.0 Å². The van der Waals surface area contributed by atoms with Gasteiger partial charge in [0.2, 0.25) is 5.43 Å². The lowest BCUT2D eigenvalue weighted by Gasteiger charge is -2.07. The molecule has 1 heterocycles. The van der Waals surface area contributed by atoms with Gasteiger partial charge < -0.3 is 9.52 Å². The van der Waals surface area contributed by atoms with Gasteiger partial charge >= 0.3 is 5.97 Å². The van der Waals surface area contributed by atoms with Crippen LogP contribution in [0.1, 0.15) is 28.4 Å². The number of carboxylic acid groups (broad SMARTS) is 1. The molecule has 0 bridgehead atoms. The number of benzene rings is 2. The van der Waals surface area contributed by atoms with E-state index in [1.54, 1.807) is 0 Å². The molecule has 4 nitrogen and oxygen atoms in total. The fourth-order valence-electron chi connectivity index (χ4n) is 2.54. The molecule has 0 radical (unpaired) electrons. The highest BCUT2D eigenvalue weighted by atomic mass is 16.4. The van der Waals surface area contributed by atoms with Crippen molar-refractivity contribution in [3.63, 3.8) is 0 Å². The van der Waals surface area contributed by atoms with Crippen LogP contribution in [0, 0.1) is 6.92 Å². The molecule has 0 fully saturated rings. The molecule has 0 aliphatic heterocycles. The van der Waals surface area contributed by atoms with Gasteiger partial charge in [0.15, 0.2) is 0 Å². The Morgan fingerprint density at radius 2 is 1.95 bits per heavy atom. The van der Waals surface area contributed by atoms with E-state index < -0.39 is 5.97 Å². The van der Waals surface area contributed by atoms with Crippen LogP contribution in [0.15, 0.2) is 39.5 Å². The number of rotatable bonds is 2. The Bertz CT molecular complexity index is 935. The summed E-state index contributed by atoms with van der Waals surface area (Å²) in [6.07, 6.45) is 0.823. The topological polar surface area (TPSA) is 67.5 Å². The Labute approximate surface area is 120 Å². The Morgan fingerprint density at radius 1 is 1.19 bits per heavy atom. The zero-order valence-electron chi connectivity index (χ0n) is 11.8. The maximum absolute atomic E-state index is 12.6. The van der Waals surface area contributed by atoms with Gasteiger partial charge in [-0.25, -0.2) is 4.79 Å². The van der Waals surface area contributed by atoms with Gasteiger partial charge in [-0.05, 0) is 48.7 Å².